The smallest absolute Gasteiger partial charge is 0.0591 e. The van der Waals surface area contributed by atoms with Gasteiger partial charge >= 0.3 is 0 Å². The number of rotatable bonds is 0. The van der Waals surface area contributed by atoms with E-state index in [4.69, 9.17) is 4.74 Å². The summed E-state index contributed by atoms with van der Waals surface area (Å²) in [5, 5.41) is 3.46. The Morgan fingerprint density at radius 3 is 2.83 bits per heavy atom. The van der Waals surface area contributed by atoms with E-state index < -0.39 is 0 Å². The van der Waals surface area contributed by atoms with Crippen molar-refractivity contribution in [3.63, 3.8) is 0 Å². The fourth-order valence-corrected chi connectivity index (χ4v) is 2.44. The maximum absolute atomic E-state index is 5.58. The first-order valence-corrected chi connectivity index (χ1v) is 5.25. The third kappa shape index (κ3) is 1.99. The van der Waals surface area contributed by atoms with E-state index in [-0.39, 0.29) is 0 Å². The van der Waals surface area contributed by atoms with Crippen molar-refractivity contribution in [2.75, 3.05) is 26.3 Å². The van der Waals surface area contributed by atoms with Gasteiger partial charge < -0.3 is 10.1 Å². The van der Waals surface area contributed by atoms with Crippen LogP contribution in [0.25, 0.3) is 0 Å². The van der Waals surface area contributed by atoms with Crippen molar-refractivity contribution < 1.29 is 4.74 Å². The van der Waals surface area contributed by atoms with Gasteiger partial charge in [-0.15, -0.1) is 0 Å². The molecule has 0 radical (unpaired) electrons. The van der Waals surface area contributed by atoms with Gasteiger partial charge in [-0.1, -0.05) is 12.8 Å². The van der Waals surface area contributed by atoms with Crippen molar-refractivity contribution in [2.45, 2.75) is 25.7 Å². The fourth-order valence-electron chi connectivity index (χ4n) is 2.44. The van der Waals surface area contributed by atoms with Crippen molar-refractivity contribution in [3.05, 3.63) is 0 Å². The minimum atomic E-state index is 0.853. The zero-order valence-corrected chi connectivity index (χ0v) is 7.72. The molecular weight excluding hydrogens is 150 g/mol. The third-order valence-corrected chi connectivity index (χ3v) is 3.23. The van der Waals surface area contributed by atoms with E-state index in [0.717, 1.165) is 31.6 Å². The zero-order valence-electron chi connectivity index (χ0n) is 7.72. The van der Waals surface area contributed by atoms with Crippen LogP contribution in [0, 0.1) is 11.8 Å². The molecule has 0 aromatic heterocycles. The number of ether oxygens (including phenoxy) is 1. The maximum Gasteiger partial charge on any atom is 0.0591 e. The van der Waals surface area contributed by atoms with Crippen molar-refractivity contribution in [3.8, 4) is 0 Å². The lowest BCUT2D eigenvalue weighted by Gasteiger charge is -2.33. The summed E-state index contributed by atoms with van der Waals surface area (Å²) in [5.41, 5.74) is 0. The van der Waals surface area contributed by atoms with Crippen LogP contribution in [0.4, 0.5) is 0 Å². The molecule has 0 spiro atoms. The summed E-state index contributed by atoms with van der Waals surface area (Å²) in [7, 11) is 0. The largest absolute Gasteiger partial charge is 0.380 e. The van der Waals surface area contributed by atoms with E-state index in [0.29, 0.717) is 0 Å². The summed E-state index contributed by atoms with van der Waals surface area (Å²) in [6.45, 7) is 4.20. The van der Waals surface area contributed by atoms with Gasteiger partial charge in [-0.2, -0.15) is 0 Å². The minimum absolute atomic E-state index is 0.853. The summed E-state index contributed by atoms with van der Waals surface area (Å²) in [5.74, 6) is 1.76. The van der Waals surface area contributed by atoms with Crippen LogP contribution in [0.3, 0.4) is 0 Å². The van der Waals surface area contributed by atoms with Crippen LogP contribution in [0.15, 0.2) is 0 Å². The molecular formula is C10H19NO. The fraction of sp³-hybridized carbons (Fsp3) is 1.00. The predicted octanol–water partition coefficient (Wildman–Crippen LogP) is 1.41. The molecule has 12 heavy (non-hydrogen) atoms. The zero-order chi connectivity index (χ0) is 8.23. The molecule has 2 atom stereocenters. The van der Waals surface area contributed by atoms with Crippen LogP contribution in [0.2, 0.25) is 0 Å². The van der Waals surface area contributed by atoms with Crippen LogP contribution < -0.4 is 5.32 Å². The lowest BCUT2D eigenvalue weighted by Crippen LogP contribution is -2.37. The first-order chi connectivity index (χ1) is 5.97. The van der Waals surface area contributed by atoms with Crippen LogP contribution in [0.1, 0.15) is 25.7 Å². The van der Waals surface area contributed by atoms with E-state index in [9.17, 15) is 0 Å². The van der Waals surface area contributed by atoms with Crippen molar-refractivity contribution in [1.29, 1.82) is 0 Å². The molecule has 2 rings (SSSR count). The topological polar surface area (TPSA) is 21.3 Å². The molecule has 1 saturated carbocycles. The van der Waals surface area contributed by atoms with Crippen molar-refractivity contribution in [1.82, 2.24) is 5.32 Å². The van der Waals surface area contributed by atoms with Crippen molar-refractivity contribution in [2.24, 2.45) is 11.8 Å². The number of hydrogen-bond acceptors (Lipinski definition) is 2. The molecule has 0 aromatic rings. The second-order valence-corrected chi connectivity index (χ2v) is 4.08. The van der Waals surface area contributed by atoms with Gasteiger partial charge in [0.2, 0.25) is 0 Å². The van der Waals surface area contributed by atoms with E-state index in [1.54, 1.807) is 0 Å². The molecule has 1 aliphatic heterocycles. The van der Waals surface area contributed by atoms with E-state index in [2.05, 4.69) is 5.32 Å². The molecule has 2 heteroatoms. The van der Waals surface area contributed by atoms with Crippen LogP contribution in [-0.4, -0.2) is 26.3 Å². The highest BCUT2D eigenvalue weighted by Crippen LogP contribution is 2.30. The van der Waals surface area contributed by atoms with Gasteiger partial charge in [0.05, 0.1) is 6.61 Å². The molecule has 2 unspecified atom stereocenters. The number of hydrogen-bond donors (Lipinski definition) is 1. The predicted molar refractivity (Wildman–Crippen MR) is 49.1 cm³/mol. The highest BCUT2D eigenvalue weighted by molar-refractivity contribution is 4.78. The Morgan fingerprint density at radius 1 is 1.08 bits per heavy atom. The van der Waals surface area contributed by atoms with Crippen molar-refractivity contribution >= 4 is 0 Å². The monoisotopic (exact) mass is 169 g/mol. The second kappa shape index (κ2) is 4.24. The Hall–Kier alpha value is -0.0800. The Balaban J connectivity index is 1.89. The standard InChI is InChI=1S/C10H19NO/c1-2-4-10-8-12-6-5-11-7-9(10)3-1/h9-11H,1-8H2. The summed E-state index contributed by atoms with van der Waals surface area (Å²) >= 11 is 0. The van der Waals surface area contributed by atoms with Gasteiger partial charge in [0, 0.05) is 13.2 Å². The molecule has 2 nitrogen and oxygen atoms in total. The molecule has 0 aromatic carbocycles. The van der Waals surface area contributed by atoms with Gasteiger partial charge in [0.1, 0.15) is 0 Å². The van der Waals surface area contributed by atoms with Gasteiger partial charge in [0.25, 0.3) is 0 Å². The average Bonchev–Trinajstić information content (AvgIpc) is 2.06. The first-order valence-electron chi connectivity index (χ1n) is 5.25. The van der Waals surface area contributed by atoms with E-state index in [1.807, 2.05) is 0 Å². The van der Waals surface area contributed by atoms with Gasteiger partial charge in [-0.3, -0.25) is 0 Å². The van der Waals surface area contributed by atoms with Crippen LogP contribution in [0.5, 0.6) is 0 Å². The first kappa shape index (κ1) is 8.52. The second-order valence-electron chi connectivity index (χ2n) is 4.08. The quantitative estimate of drug-likeness (QED) is 0.592. The third-order valence-electron chi connectivity index (χ3n) is 3.23. The van der Waals surface area contributed by atoms with Gasteiger partial charge in [-0.05, 0) is 31.2 Å². The average molecular weight is 169 g/mol. The SMILES string of the molecule is C1CCC2COCCNCC2C1. The van der Waals surface area contributed by atoms with Gasteiger partial charge in [0.15, 0.2) is 0 Å². The Labute approximate surface area is 74.7 Å². The molecule has 1 N–H and O–H groups in total. The number of nitrogens with one attached hydrogen (secondary N) is 1. The van der Waals surface area contributed by atoms with Gasteiger partial charge in [-0.25, -0.2) is 0 Å². The number of fused-ring (bicyclic) bond motifs is 1. The summed E-state index contributed by atoms with van der Waals surface area (Å²) in [4.78, 5) is 0. The highest BCUT2D eigenvalue weighted by Gasteiger charge is 2.25. The molecule has 1 heterocycles. The maximum atomic E-state index is 5.58. The Kier molecular flexibility index (Phi) is 3.01. The summed E-state index contributed by atoms with van der Waals surface area (Å²) < 4.78 is 5.58. The normalized spacial score (nSPS) is 38.0. The highest BCUT2D eigenvalue weighted by atomic mass is 16.5. The molecule has 70 valence electrons. The van der Waals surface area contributed by atoms with Crippen LogP contribution >= 0.6 is 0 Å². The lowest BCUT2D eigenvalue weighted by atomic mass is 9.79. The Bertz CT molecular complexity index is 122. The molecule has 1 aliphatic carbocycles. The molecule has 0 bridgehead atoms. The Morgan fingerprint density at radius 2 is 1.92 bits per heavy atom. The summed E-state index contributed by atoms with van der Waals surface area (Å²) in [6.07, 6.45) is 5.67. The lowest BCUT2D eigenvalue weighted by molar-refractivity contribution is 0.0451. The minimum Gasteiger partial charge on any atom is -0.380 e. The molecule has 0 amide bonds. The van der Waals surface area contributed by atoms with Crippen LogP contribution in [-0.2, 0) is 4.74 Å². The van der Waals surface area contributed by atoms with E-state index >= 15 is 0 Å². The summed E-state index contributed by atoms with van der Waals surface area (Å²) in [6, 6.07) is 0. The molecule has 2 aliphatic rings. The molecule has 1 saturated heterocycles. The molecule has 2 fully saturated rings. The van der Waals surface area contributed by atoms with E-state index in [1.165, 1.54) is 32.2 Å².